The number of rotatable bonds is 5. The third-order valence-corrected chi connectivity index (χ3v) is 6.48. The van der Waals surface area contributed by atoms with Gasteiger partial charge in [0.25, 0.3) is 5.89 Å². The molecule has 0 bridgehead atoms. The van der Waals surface area contributed by atoms with Gasteiger partial charge in [0.05, 0.1) is 4.88 Å². The normalized spacial score (nSPS) is 14.9. The van der Waals surface area contributed by atoms with Crippen LogP contribution in [0, 0.1) is 0 Å². The van der Waals surface area contributed by atoms with Crippen LogP contribution in [-0.4, -0.2) is 51.7 Å². The van der Waals surface area contributed by atoms with Gasteiger partial charge in [0.1, 0.15) is 6.54 Å². The first-order valence-corrected chi connectivity index (χ1v) is 11.1. The number of nitrogens with zero attached hydrogens (tertiary/aromatic N) is 4. The van der Waals surface area contributed by atoms with Gasteiger partial charge in [-0.3, -0.25) is 9.69 Å². The topological polar surface area (TPSA) is 71.6 Å². The van der Waals surface area contributed by atoms with Gasteiger partial charge in [0, 0.05) is 32.7 Å². The van der Waals surface area contributed by atoms with Crippen molar-refractivity contribution in [2.24, 2.45) is 0 Å². The van der Waals surface area contributed by atoms with E-state index in [0.717, 1.165) is 29.2 Å². The predicted octanol–water partition coefficient (Wildman–Crippen LogP) is 3.06. The lowest BCUT2D eigenvalue weighted by Crippen LogP contribution is -2.49. The van der Waals surface area contributed by atoms with E-state index in [1.165, 1.54) is 27.7 Å². The van der Waals surface area contributed by atoms with E-state index in [9.17, 15) is 9.59 Å². The third kappa shape index (κ3) is 4.17. The van der Waals surface area contributed by atoms with Crippen LogP contribution >= 0.6 is 11.3 Å². The summed E-state index contributed by atoms with van der Waals surface area (Å²) in [4.78, 5) is 29.7. The monoisotopic (exact) mass is 434 g/mol. The number of amides is 1. The molecule has 1 aliphatic rings. The van der Waals surface area contributed by atoms with Crippen LogP contribution in [0.4, 0.5) is 0 Å². The van der Waals surface area contributed by atoms with Crippen LogP contribution in [-0.2, 0) is 17.9 Å². The van der Waals surface area contributed by atoms with Crippen molar-refractivity contribution in [3.63, 3.8) is 0 Å². The summed E-state index contributed by atoms with van der Waals surface area (Å²) in [5.41, 5.74) is 1.30. The number of carbonyl (C=O) groups is 1. The first-order chi connectivity index (χ1) is 15.2. The van der Waals surface area contributed by atoms with Crippen molar-refractivity contribution in [3.05, 3.63) is 76.1 Å². The Balaban J connectivity index is 1.20. The summed E-state index contributed by atoms with van der Waals surface area (Å²) in [5, 5.41) is 8.58. The van der Waals surface area contributed by atoms with E-state index in [0.29, 0.717) is 13.1 Å². The molecular formula is C23H22N4O3S. The number of piperazine rings is 1. The molecule has 0 saturated carbocycles. The van der Waals surface area contributed by atoms with Crippen molar-refractivity contribution in [2.75, 3.05) is 26.2 Å². The van der Waals surface area contributed by atoms with E-state index < -0.39 is 5.76 Å². The second-order valence-corrected chi connectivity index (χ2v) is 8.55. The summed E-state index contributed by atoms with van der Waals surface area (Å²) in [6.45, 7) is 3.61. The molecule has 0 radical (unpaired) electrons. The average molecular weight is 435 g/mol. The molecule has 8 heteroatoms. The van der Waals surface area contributed by atoms with Gasteiger partial charge in [-0.25, -0.2) is 4.79 Å². The highest BCUT2D eigenvalue weighted by atomic mass is 32.1. The third-order valence-electron chi connectivity index (χ3n) is 5.62. The van der Waals surface area contributed by atoms with Crippen LogP contribution in [0.25, 0.3) is 21.5 Å². The predicted molar refractivity (Wildman–Crippen MR) is 120 cm³/mol. The Morgan fingerprint density at radius 1 is 1.00 bits per heavy atom. The minimum atomic E-state index is -0.605. The van der Waals surface area contributed by atoms with Gasteiger partial charge in [-0.1, -0.05) is 48.5 Å². The van der Waals surface area contributed by atoms with Gasteiger partial charge < -0.3 is 9.32 Å². The highest BCUT2D eigenvalue weighted by molar-refractivity contribution is 7.13. The molecule has 1 saturated heterocycles. The molecule has 2 aromatic heterocycles. The Labute approximate surface area is 183 Å². The highest BCUT2D eigenvalue weighted by Gasteiger charge is 2.23. The molecule has 0 spiro atoms. The van der Waals surface area contributed by atoms with Crippen molar-refractivity contribution >= 4 is 28.0 Å². The van der Waals surface area contributed by atoms with E-state index in [4.69, 9.17) is 4.42 Å². The molecule has 0 aliphatic carbocycles. The zero-order valence-electron chi connectivity index (χ0n) is 16.9. The van der Waals surface area contributed by atoms with E-state index >= 15 is 0 Å². The first-order valence-electron chi connectivity index (χ1n) is 10.3. The van der Waals surface area contributed by atoms with Crippen molar-refractivity contribution < 1.29 is 9.21 Å². The fourth-order valence-electron chi connectivity index (χ4n) is 3.96. The molecule has 4 aromatic rings. The fourth-order valence-corrected chi connectivity index (χ4v) is 4.60. The molecule has 3 heterocycles. The largest absolute Gasteiger partial charge is 0.437 e. The van der Waals surface area contributed by atoms with Gasteiger partial charge >= 0.3 is 5.76 Å². The zero-order valence-corrected chi connectivity index (χ0v) is 17.8. The first kappa shape index (κ1) is 19.7. The molecule has 2 aromatic carbocycles. The maximum atomic E-state index is 12.7. The smallest absolute Gasteiger partial charge is 0.387 e. The molecule has 158 valence electrons. The van der Waals surface area contributed by atoms with E-state index in [2.05, 4.69) is 52.5 Å². The quantitative estimate of drug-likeness (QED) is 0.483. The second-order valence-electron chi connectivity index (χ2n) is 7.60. The van der Waals surface area contributed by atoms with Crippen LogP contribution in [0.3, 0.4) is 0 Å². The Hall–Kier alpha value is -3.23. The molecule has 0 unspecified atom stereocenters. The lowest BCUT2D eigenvalue weighted by atomic mass is 10.0. The van der Waals surface area contributed by atoms with E-state index in [1.54, 1.807) is 4.90 Å². The molecule has 0 atom stereocenters. The number of hydrogen-bond donors (Lipinski definition) is 0. The number of benzene rings is 2. The maximum Gasteiger partial charge on any atom is 0.437 e. The van der Waals surface area contributed by atoms with Crippen LogP contribution in [0.15, 0.2) is 69.2 Å². The second kappa shape index (κ2) is 8.49. The lowest BCUT2D eigenvalue weighted by molar-refractivity contribution is -0.134. The summed E-state index contributed by atoms with van der Waals surface area (Å²) in [6.07, 6.45) is 0. The summed E-state index contributed by atoms with van der Waals surface area (Å²) in [7, 11) is 0. The average Bonchev–Trinajstić information content (AvgIpc) is 3.45. The number of carbonyl (C=O) groups excluding carboxylic acids is 1. The van der Waals surface area contributed by atoms with Crippen LogP contribution in [0.2, 0.25) is 0 Å². The van der Waals surface area contributed by atoms with Gasteiger partial charge in [-0.05, 0) is 27.8 Å². The maximum absolute atomic E-state index is 12.7. The van der Waals surface area contributed by atoms with E-state index in [1.807, 2.05) is 17.5 Å². The Morgan fingerprint density at radius 3 is 2.61 bits per heavy atom. The van der Waals surface area contributed by atoms with Crippen LogP contribution < -0.4 is 5.76 Å². The minimum Gasteiger partial charge on any atom is -0.387 e. The molecule has 7 nitrogen and oxygen atoms in total. The number of fused-ring (bicyclic) bond motifs is 1. The van der Waals surface area contributed by atoms with Crippen molar-refractivity contribution in [2.45, 2.75) is 13.1 Å². The van der Waals surface area contributed by atoms with Gasteiger partial charge in [-0.2, -0.15) is 4.68 Å². The summed E-state index contributed by atoms with van der Waals surface area (Å²) >= 11 is 1.44. The van der Waals surface area contributed by atoms with E-state index in [-0.39, 0.29) is 18.3 Å². The molecule has 0 N–H and O–H groups in total. The SMILES string of the molecule is O=C(Cn1nc(-c2cccs2)oc1=O)N1CCN(Cc2cccc3ccccc23)CC1. The lowest BCUT2D eigenvalue weighted by Gasteiger charge is -2.34. The number of hydrogen-bond acceptors (Lipinski definition) is 6. The molecule has 1 aliphatic heterocycles. The van der Waals surface area contributed by atoms with Gasteiger partial charge in [0.15, 0.2) is 0 Å². The number of aromatic nitrogens is 2. The van der Waals surface area contributed by atoms with Crippen molar-refractivity contribution in [3.8, 4) is 10.8 Å². The highest BCUT2D eigenvalue weighted by Crippen LogP contribution is 2.22. The number of thiophene rings is 1. The Kier molecular flexibility index (Phi) is 5.40. The van der Waals surface area contributed by atoms with Crippen LogP contribution in [0.5, 0.6) is 0 Å². The van der Waals surface area contributed by atoms with Crippen molar-refractivity contribution in [1.82, 2.24) is 19.6 Å². The van der Waals surface area contributed by atoms with Crippen LogP contribution in [0.1, 0.15) is 5.56 Å². The summed E-state index contributed by atoms with van der Waals surface area (Å²) in [6, 6.07) is 18.5. The van der Waals surface area contributed by atoms with Gasteiger partial charge in [-0.15, -0.1) is 16.4 Å². The minimum absolute atomic E-state index is 0.100. The Morgan fingerprint density at radius 2 is 1.81 bits per heavy atom. The summed E-state index contributed by atoms with van der Waals surface area (Å²) in [5.74, 6) is -0.461. The van der Waals surface area contributed by atoms with Gasteiger partial charge in [0.2, 0.25) is 5.91 Å². The van der Waals surface area contributed by atoms with Crippen molar-refractivity contribution in [1.29, 1.82) is 0 Å². The molecule has 5 rings (SSSR count). The summed E-state index contributed by atoms with van der Waals surface area (Å²) < 4.78 is 6.30. The Bertz CT molecular complexity index is 1250. The zero-order chi connectivity index (χ0) is 21.2. The fraction of sp³-hybridized carbons (Fsp3) is 0.261. The molecule has 1 amide bonds. The standard InChI is InChI=1S/C23H22N4O3S/c28-21(16-27-23(29)30-22(24-27)20-9-4-14-31-20)26-12-10-25(11-13-26)15-18-7-3-6-17-5-1-2-8-19(17)18/h1-9,14H,10-13,15-16H2. The molecule has 1 fully saturated rings. The molecular weight excluding hydrogens is 412 g/mol. The molecule has 31 heavy (non-hydrogen) atoms.